The zero-order chi connectivity index (χ0) is 96.7. The minimum absolute atomic E-state index is 0.162. The fraction of sp³-hybridized carbons (Fsp3) is 0.767. The lowest BCUT2D eigenvalue weighted by molar-refractivity contribution is 0.0432. The molecule has 0 bridgehead atoms. The third kappa shape index (κ3) is 124. The van der Waals surface area contributed by atoms with Crippen molar-refractivity contribution < 1.29 is 20.4 Å². The normalized spacial score (nSPS) is 14.5. The summed E-state index contributed by atoms with van der Waals surface area (Å²) in [5.41, 5.74) is 13.9. The summed E-state index contributed by atoms with van der Waals surface area (Å²) in [5.74, 6) is 9.67. The van der Waals surface area contributed by atoms with Gasteiger partial charge in [-0.15, -0.1) is 6.58 Å². The number of hydrogen-bond acceptors (Lipinski definition) is 4. The summed E-state index contributed by atoms with van der Waals surface area (Å²) < 4.78 is 0. The van der Waals surface area contributed by atoms with Crippen LogP contribution in [-0.4, -0.2) is 44.8 Å². The monoisotopic (exact) mass is 1730 g/mol. The van der Waals surface area contributed by atoms with Crippen LogP contribution in [-0.2, 0) is 0 Å². The summed E-state index contributed by atoms with van der Waals surface area (Å²) in [7, 11) is 0. The van der Waals surface area contributed by atoms with Crippen molar-refractivity contribution in [3.8, 4) is 0 Å². The summed E-state index contributed by atoms with van der Waals surface area (Å²) in [6.07, 6.45) is 81.3. The molecule has 0 spiro atoms. The van der Waals surface area contributed by atoms with Crippen molar-refractivity contribution in [1.29, 1.82) is 0 Å². The van der Waals surface area contributed by atoms with E-state index in [0.717, 1.165) is 167 Å². The van der Waals surface area contributed by atoms with Crippen LogP contribution in [0.25, 0.3) is 0 Å². The molecular weight excluding hydrogens is 1510 g/mol. The van der Waals surface area contributed by atoms with Crippen molar-refractivity contribution in [2.75, 3.05) is 13.2 Å². The van der Waals surface area contributed by atoms with E-state index in [1.54, 1.807) is 13.0 Å². The van der Waals surface area contributed by atoms with Crippen LogP contribution in [0.3, 0.4) is 0 Å². The van der Waals surface area contributed by atoms with E-state index in [-0.39, 0.29) is 6.61 Å². The van der Waals surface area contributed by atoms with Crippen molar-refractivity contribution >= 4 is 0 Å². The standard InChI is InChI=1S/C15H32O.C15H26O.C15H32O.C15H26O.2C15H32.2C15H24/c2*1-13(2)7-5-8-14(3)9-6-10-15(4)11-12-16;2*1-6-15(5,16)12-8-11-14(4)10-7-9-13(2)3;4*1-6-14(4)10-8-12-15(5)11-7-9-13(2)3/h13-16H,5-12H2,1-4H3;7,9,11,16H,5-6,8,10,12H2,1-4H3;13-14,16H,6-12H2,1-5H3;6,9,11,16H,1,7-8,10,12H2,2-5H3;2*13-15H,6-12H2,1-5H3;6,9-10,12H,1,7-8,11H2,2-5H3;6,9,12H,1,4,7-8,10-11H2,2-3,5H3/b;14-9+,15-11+;;14-11+;;;14-10+,15-12+;15-12+. The molecular formula is C120H228O4. The zero-order valence-electron chi connectivity index (χ0n) is 90.8. The van der Waals surface area contributed by atoms with E-state index < -0.39 is 11.2 Å². The summed E-state index contributed by atoms with van der Waals surface area (Å²) in [6.45, 7) is 91.0. The van der Waals surface area contributed by atoms with Crippen molar-refractivity contribution in [2.45, 2.75) is 523 Å². The SMILES string of the molecule is C=C/C(C)=C/C/C=C(\C)CCC=C(C)C.C=CC(=C)CC/C=C(\C)CCC=C(C)C.C=CC(C)(O)CC/C=C(\C)CCC=C(C)C.CC(C)=CCC/C(C)=C/CC/C(C)=C/CO.CC(C)CCCC(C)CCCC(C)CCO.CCC(C)(O)CCCC(C)CCCC(C)C.CCC(C)CCCC(C)CCCC(C)C.CCC(C)CCCC(C)CCCC(C)C. The number of hydrogen-bond donors (Lipinski definition) is 4. The second kappa shape index (κ2) is 95.3. The Balaban J connectivity index is -0.000000207. The Hall–Kier alpha value is -3.80. The van der Waals surface area contributed by atoms with Crippen LogP contribution in [0.1, 0.15) is 512 Å². The van der Waals surface area contributed by atoms with Gasteiger partial charge in [0.1, 0.15) is 0 Å². The van der Waals surface area contributed by atoms with E-state index in [0.29, 0.717) is 12.5 Å². The van der Waals surface area contributed by atoms with E-state index >= 15 is 0 Å². The molecule has 0 saturated carbocycles. The molecule has 4 nitrogen and oxygen atoms in total. The molecule has 0 aromatic carbocycles. The van der Waals surface area contributed by atoms with E-state index in [2.05, 4.69) is 303 Å². The number of aliphatic hydroxyl groups is 4. The Morgan fingerprint density at radius 1 is 0.298 bits per heavy atom. The van der Waals surface area contributed by atoms with Crippen LogP contribution >= 0.6 is 0 Å². The van der Waals surface area contributed by atoms with Crippen LogP contribution in [0.5, 0.6) is 0 Å². The first-order valence-electron chi connectivity index (χ1n) is 51.8. The maximum absolute atomic E-state index is 9.88. The Kier molecular flexibility index (Phi) is 104. The van der Waals surface area contributed by atoms with Gasteiger partial charge in [0.25, 0.3) is 0 Å². The lowest BCUT2D eigenvalue weighted by Gasteiger charge is -2.22. The van der Waals surface area contributed by atoms with Crippen molar-refractivity contribution in [3.63, 3.8) is 0 Å². The van der Waals surface area contributed by atoms with Crippen LogP contribution in [0.4, 0.5) is 0 Å². The molecule has 9 atom stereocenters. The van der Waals surface area contributed by atoms with Crippen LogP contribution in [0.15, 0.2) is 167 Å². The average molecular weight is 1740 g/mol. The minimum atomic E-state index is -0.726. The molecule has 0 fully saturated rings. The van der Waals surface area contributed by atoms with E-state index in [1.807, 2.05) is 25.2 Å². The first-order valence-corrected chi connectivity index (χ1v) is 51.8. The Morgan fingerprint density at radius 2 is 0.565 bits per heavy atom. The smallest absolute Gasteiger partial charge is 0.0800 e. The van der Waals surface area contributed by atoms with Crippen molar-refractivity contribution in [1.82, 2.24) is 0 Å². The zero-order valence-corrected chi connectivity index (χ0v) is 90.8. The van der Waals surface area contributed by atoms with Crippen LogP contribution in [0, 0.1) is 65.1 Å². The third-order valence-electron chi connectivity index (χ3n) is 24.2. The molecule has 0 aliphatic rings. The fourth-order valence-electron chi connectivity index (χ4n) is 13.7. The van der Waals surface area contributed by atoms with Gasteiger partial charge in [-0.3, -0.25) is 0 Å². The molecule has 0 aromatic heterocycles. The van der Waals surface area contributed by atoms with Crippen molar-refractivity contribution in [2.24, 2.45) is 65.1 Å². The second-order valence-corrected chi connectivity index (χ2v) is 42.0. The molecule has 0 aliphatic heterocycles. The topological polar surface area (TPSA) is 80.9 Å². The maximum atomic E-state index is 9.88. The van der Waals surface area contributed by atoms with Gasteiger partial charge in [0.2, 0.25) is 0 Å². The fourth-order valence-corrected chi connectivity index (χ4v) is 13.7. The third-order valence-corrected chi connectivity index (χ3v) is 24.2. The molecule has 4 heteroatoms. The summed E-state index contributed by atoms with van der Waals surface area (Å²) in [6, 6.07) is 0. The van der Waals surface area contributed by atoms with Gasteiger partial charge in [0.15, 0.2) is 0 Å². The minimum Gasteiger partial charge on any atom is -0.396 e. The Morgan fingerprint density at radius 3 is 0.831 bits per heavy atom. The molecule has 9 unspecified atom stereocenters. The van der Waals surface area contributed by atoms with Gasteiger partial charge < -0.3 is 20.4 Å². The highest BCUT2D eigenvalue weighted by molar-refractivity contribution is 5.16. The van der Waals surface area contributed by atoms with E-state index in [1.165, 1.54) is 229 Å². The van der Waals surface area contributed by atoms with Gasteiger partial charge in [-0.25, -0.2) is 0 Å². The molecule has 4 N–H and O–H groups in total. The number of rotatable bonds is 64. The lowest BCUT2D eigenvalue weighted by atomic mass is 9.91. The Labute approximate surface area is 783 Å². The lowest BCUT2D eigenvalue weighted by Crippen LogP contribution is -2.22. The maximum Gasteiger partial charge on any atom is 0.0800 e. The number of allylic oxidation sites excluding steroid dienone is 22. The average Bonchev–Trinajstić information content (AvgIpc) is 0.950. The quantitative estimate of drug-likeness (QED) is 0.0361. The molecule has 0 heterocycles. The molecule has 0 rings (SSSR count). The van der Waals surface area contributed by atoms with Gasteiger partial charge in [-0.05, 0) is 291 Å². The highest BCUT2D eigenvalue weighted by Gasteiger charge is 2.18. The molecule has 732 valence electrons. The first kappa shape index (κ1) is 136. The van der Waals surface area contributed by atoms with E-state index in [9.17, 15) is 10.2 Å². The summed E-state index contributed by atoms with van der Waals surface area (Å²) in [5, 5.41) is 37.1. The van der Waals surface area contributed by atoms with Gasteiger partial charge >= 0.3 is 0 Å². The van der Waals surface area contributed by atoms with Gasteiger partial charge in [0.05, 0.1) is 17.8 Å². The van der Waals surface area contributed by atoms with Gasteiger partial charge in [-0.2, -0.15) is 0 Å². The summed E-state index contributed by atoms with van der Waals surface area (Å²) >= 11 is 0. The molecule has 0 aliphatic carbocycles. The van der Waals surface area contributed by atoms with Crippen LogP contribution in [0.2, 0.25) is 0 Å². The Bertz CT molecular complexity index is 2680. The molecule has 0 saturated heterocycles. The number of aliphatic hydroxyl groups excluding tert-OH is 2. The van der Waals surface area contributed by atoms with Gasteiger partial charge in [0, 0.05) is 6.61 Å². The highest BCUT2D eigenvalue weighted by atomic mass is 16.3. The second-order valence-electron chi connectivity index (χ2n) is 42.0. The van der Waals surface area contributed by atoms with E-state index in [4.69, 9.17) is 10.2 Å². The van der Waals surface area contributed by atoms with Gasteiger partial charge in [-0.1, -0.05) is 445 Å². The first-order chi connectivity index (χ1) is 58.1. The predicted molar refractivity (Wildman–Crippen MR) is 574 cm³/mol. The molecule has 124 heavy (non-hydrogen) atoms. The summed E-state index contributed by atoms with van der Waals surface area (Å²) in [4.78, 5) is 0. The molecule has 0 amide bonds. The molecule has 0 radical (unpaired) electrons. The van der Waals surface area contributed by atoms with Crippen LogP contribution < -0.4 is 0 Å². The van der Waals surface area contributed by atoms with Crippen molar-refractivity contribution in [3.05, 3.63) is 167 Å². The largest absolute Gasteiger partial charge is 0.396 e. The highest BCUT2D eigenvalue weighted by Crippen LogP contribution is 2.27. The molecule has 0 aromatic rings. The predicted octanol–water partition coefficient (Wildman–Crippen LogP) is 39.9.